The highest BCUT2D eigenvalue weighted by atomic mass is 16.5. The summed E-state index contributed by atoms with van der Waals surface area (Å²) in [6.45, 7) is 1.47. The van der Waals surface area contributed by atoms with Crippen LogP contribution in [0.25, 0.3) is 0 Å². The number of carbonyl (C=O) groups is 1. The summed E-state index contributed by atoms with van der Waals surface area (Å²) in [5.41, 5.74) is 2.00. The predicted molar refractivity (Wildman–Crippen MR) is 66.6 cm³/mol. The standard InChI is InChI=1S/C14H18O3/c1-12(16)17-11-14(10-15)9-5-8-13-6-3-2-4-7-13/h2-4,6-7,9,15H,5,8,10-11H2,1H3/b14-9-. The monoisotopic (exact) mass is 234 g/mol. The molecule has 3 nitrogen and oxygen atoms in total. The van der Waals surface area contributed by atoms with Crippen molar-refractivity contribution in [1.82, 2.24) is 0 Å². The molecule has 0 bridgehead atoms. The minimum atomic E-state index is -0.326. The van der Waals surface area contributed by atoms with E-state index in [-0.39, 0.29) is 19.2 Å². The number of aliphatic hydroxyl groups excluding tert-OH is 1. The van der Waals surface area contributed by atoms with Crippen LogP contribution in [0.5, 0.6) is 0 Å². The molecule has 0 heterocycles. The van der Waals surface area contributed by atoms with Gasteiger partial charge in [-0.3, -0.25) is 4.79 Å². The van der Waals surface area contributed by atoms with Gasteiger partial charge in [-0.1, -0.05) is 36.4 Å². The first-order chi connectivity index (χ1) is 8.22. The SMILES string of the molecule is CC(=O)OC/C(=C\CCc1ccccc1)CO. The lowest BCUT2D eigenvalue weighted by molar-refractivity contribution is -0.140. The quantitative estimate of drug-likeness (QED) is 0.605. The van der Waals surface area contributed by atoms with Crippen LogP contribution in [0.2, 0.25) is 0 Å². The maximum atomic E-state index is 10.6. The number of hydrogen-bond acceptors (Lipinski definition) is 3. The number of aliphatic hydroxyl groups is 1. The van der Waals surface area contributed by atoms with Gasteiger partial charge in [-0.05, 0) is 24.0 Å². The first-order valence-electron chi connectivity index (χ1n) is 5.68. The van der Waals surface area contributed by atoms with Crippen LogP contribution in [0.15, 0.2) is 42.0 Å². The molecule has 0 aliphatic carbocycles. The Kier molecular flexibility index (Phi) is 6.04. The Bertz CT molecular complexity index is 368. The normalized spacial score (nSPS) is 11.3. The van der Waals surface area contributed by atoms with E-state index in [1.54, 1.807) is 0 Å². The molecule has 0 aliphatic heterocycles. The molecule has 17 heavy (non-hydrogen) atoms. The molecule has 0 aliphatic rings. The lowest BCUT2D eigenvalue weighted by Crippen LogP contribution is -2.06. The molecule has 0 atom stereocenters. The third kappa shape index (κ3) is 5.88. The van der Waals surface area contributed by atoms with Crippen LogP contribution in [-0.4, -0.2) is 24.3 Å². The summed E-state index contributed by atoms with van der Waals surface area (Å²) in [5.74, 6) is -0.326. The van der Waals surface area contributed by atoms with Crippen molar-refractivity contribution in [3.8, 4) is 0 Å². The number of carbonyl (C=O) groups excluding carboxylic acids is 1. The van der Waals surface area contributed by atoms with Gasteiger partial charge in [0.2, 0.25) is 0 Å². The summed E-state index contributed by atoms with van der Waals surface area (Å²) < 4.78 is 4.83. The molecule has 0 unspecified atom stereocenters. The van der Waals surface area contributed by atoms with E-state index in [1.165, 1.54) is 12.5 Å². The number of benzene rings is 1. The maximum Gasteiger partial charge on any atom is 0.302 e. The van der Waals surface area contributed by atoms with Crippen LogP contribution in [0.3, 0.4) is 0 Å². The highest BCUT2D eigenvalue weighted by Gasteiger charge is 1.98. The molecule has 0 amide bonds. The summed E-state index contributed by atoms with van der Waals surface area (Å²) in [6, 6.07) is 10.1. The molecule has 1 N–H and O–H groups in total. The van der Waals surface area contributed by atoms with E-state index in [2.05, 4.69) is 12.1 Å². The topological polar surface area (TPSA) is 46.5 Å². The molecule has 0 aromatic heterocycles. The zero-order valence-corrected chi connectivity index (χ0v) is 10.1. The third-order valence-corrected chi connectivity index (χ3v) is 2.37. The largest absolute Gasteiger partial charge is 0.461 e. The lowest BCUT2D eigenvalue weighted by Gasteiger charge is -2.04. The fourth-order valence-corrected chi connectivity index (χ4v) is 1.45. The highest BCUT2D eigenvalue weighted by Crippen LogP contribution is 2.05. The van der Waals surface area contributed by atoms with Crippen LogP contribution in [0.4, 0.5) is 0 Å². The summed E-state index contributed by atoms with van der Waals surface area (Å²) in [6.07, 6.45) is 3.68. The summed E-state index contributed by atoms with van der Waals surface area (Å²) >= 11 is 0. The van der Waals surface area contributed by atoms with Crippen molar-refractivity contribution >= 4 is 5.97 Å². The second-order valence-corrected chi connectivity index (χ2v) is 3.83. The Morgan fingerprint density at radius 3 is 2.65 bits per heavy atom. The Morgan fingerprint density at radius 2 is 2.06 bits per heavy atom. The number of ether oxygens (including phenoxy) is 1. The molecule has 0 saturated heterocycles. The average Bonchev–Trinajstić information content (AvgIpc) is 2.34. The van der Waals surface area contributed by atoms with Crippen molar-refractivity contribution in [3.05, 3.63) is 47.5 Å². The van der Waals surface area contributed by atoms with E-state index in [9.17, 15) is 4.79 Å². The number of rotatable bonds is 6. The second-order valence-electron chi connectivity index (χ2n) is 3.83. The molecule has 1 aromatic rings. The number of allylic oxidation sites excluding steroid dienone is 1. The smallest absolute Gasteiger partial charge is 0.302 e. The predicted octanol–water partition coefficient (Wildman–Crippen LogP) is 2.10. The van der Waals surface area contributed by atoms with Crippen molar-refractivity contribution in [2.45, 2.75) is 19.8 Å². The number of aryl methyl sites for hydroxylation is 1. The average molecular weight is 234 g/mol. The van der Waals surface area contributed by atoms with Gasteiger partial charge in [0.1, 0.15) is 6.61 Å². The van der Waals surface area contributed by atoms with E-state index in [0.717, 1.165) is 18.4 Å². The highest BCUT2D eigenvalue weighted by molar-refractivity contribution is 5.66. The third-order valence-electron chi connectivity index (χ3n) is 2.37. The molecule has 0 fully saturated rings. The van der Waals surface area contributed by atoms with E-state index in [1.807, 2.05) is 24.3 Å². The fourth-order valence-electron chi connectivity index (χ4n) is 1.45. The van der Waals surface area contributed by atoms with Crippen molar-refractivity contribution in [1.29, 1.82) is 0 Å². The summed E-state index contributed by atoms with van der Waals surface area (Å²) in [5, 5.41) is 9.08. The van der Waals surface area contributed by atoms with Crippen molar-refractivity contribution < 1.29 is 14.6 Å². The minimum absolute atomic E-state index is 0.0674. The summed E-state index contributed by atoms with van der Waals surface area (Å²) in [7, 11) is 0. The van der Waals surface area contributed by atoms with Crippen molar-refractivity contribution in [3.63, 3.8) is 0 Å². The van der Waals surface area contributed by atoms with E-state index >= 15 is 0 Å². The number of esters is 1. The Hall–Kier alpha value is -1.61. The van der Waals surface area contributed by atoms with Crippen molar-refractivity contribution in [2.24, 2.45) is 0 Å². The van der Waals surface area contributed by atoms with E-state index in [4.69, 9.17) is 9.84 Å². The van der Waals surface area contributed by atoms with Crippen molar-refractivity contribution in [2.75, 3.05) is 13.2 Å². The van der Waals surface area contributed by atoms with Gasteiger partial charge < -0.3 is 9.84 Å². The van der Waals surface area contributed by atoms with Crippen LogP contribution >= 0.6 is 0 Å². The maximum absolute atomic E-state index is 10.6. The lowest BCUT2D eigenvalue weighted by atomic mass is 10.1. The molecular weight excluding hydrogens is 216 g/mol. The zero-order chi connectivity index (χ0) is 12.5. The van der Waals surface area contributed by atoms with Crippen LogP contribution in [-0.2, 0) is 16.0 Å². The van der Waals surface area contributed by atoms with Gasteiger partial charge in [0.05, 0.1) is 6.61 Å². The molecule has 1 rings (SSSR count). The molecule has 1 aromatic carbocycles. The first-order valence-corrected chi connectivity index (χ1v) is 5.68. The molecule has 0 radical (unpaired) electrons. The van der Waals surface area contributed by atoms with Gasteiger partial charge >= 0.3 is 5.97 Å². The molecule has 3 heteroatoms. The van der Waals surface area contributed by atoms with Gasteiger partial charge in [0.25, 0.3) is 0 Å². The first kappa shape index (κ1) is 13.5. The molecule has 0 saturated carbocycles. The van der Waals surface area contributed by atoms with Crippen LogP contribution in [0, 0.1) is 0 Å². The Morgan fingerprint density at radius 1 is 1.35 bits per heavy atom. The van der Waals surface area contributed by atoms with Gasteiger partial charge in [0, 0.05) is 6.92 Å². The molecular formula is C14H18O3. The van der Waals surface area contributed by atoms with E-state index < -0.39 is 0 Å². The van der Waals surface area contributed by atoms with E-state index in [0.29, 0.717) is 0 Å². The fraction of sp³-hybridized carbons (Fsp3) is 0.357. The van der Waals surface area contributed by atoms with Crippen LogP contribution in [0.1, 0.15) is 18.9 Å². The Balaban J connectivity index is 2.37. The molecule has 0 spiro atoms. The van der Waals surface area contributed by atoms with Crippen LogP contribution < -0.4 is 0 Å². The zero-order valence-electron chi connectivity index (χ0n) is 10.1. The Labute approximate surface area is 102 Å². The molecule has 92 valence electrons. The van der Waals surface area contributed by atoms with Gasteiger partial charge in [0.15, 0.2) is 0 Å². The van der Waals surface area contributed by atoms with Gasteiger partial charge in [-0.15, -0.1) is 0 Å². The van der Waals surface area contributed by atoms with Gasteiger partial charge in [-0.25, -0.2) is 0 Å². The number of hydrogen-bond donors (Lipinski definition) is 1. The van der Waals surface area contributed by atoms with Gasteiger partial charge in [-0.2, -0.15) is 0 Å². The second kappa shape index (κ2) is 7.63. The summed E-state index contributed by atoms with van der Waals surface area (Å²) in [4.78, 5) is 10.6. The minimum Gasteiger partial charge on any atom is -0.461 e.